The lowest BCUT2D eigenvalue weighted by Crippen LogP contribution is -2.25. The van der Waals surface area contributed by atoms with E-state index in [9.17, 15) is 0 Å². The molecule has 0 bridgehead atoms. The van der Waals surface area contributed by atoms with Gasteiger partial charge in [0.05, 0.1) is 12.2 Å². The second-order valence-electron chi connectivity index (χ2n) is 2.69. The van der Waals surface area contributed by atoms with Crippen LogP contribution in [0.1, 0.15) is 11.4 Å². The molecule has 0 atom stereocenters. The molecule has 0 amide bonds. The van der Waals surface area contributed by atoms with Gasteiger partial charge in [0.1, 0.15) is 0 Å². The molecule has 0 aliphatic rings. The topological polar surface area (TPSA) is 42.1 Å². The van der Waals surface area contributed by atoms with Crippen molar-refractivity contribution >= 4 is 0 Å². The summed E-state index contributed by atoms with van der Waals surface area (Å²) in [4.78, 5) is 4.29. The Morgan fingerprint density at radius 1 is 1.55 bits per heavy atom. The van der Waals surface area contributed by atoms with Gasteiger partial charge in [-0.15, -0.1) is 0 Å². The Balaban J connectivity index is 2.71. The van der Waals surface area contributed by atoms with E-state index in [1.165, 1.54) is 0 Å². The molecule has 0 aliphatic carbocycles. The molecular weight excluding hydrogens is 138 g/mol. The van der Waals surface area contributed by atoms with Crippen molar-refractivity contribution in [2.45, 2.75) is 13.5 Å². The Morgan fingerprint density at radius 3 is 2.82 bits per heavy atom. The number of nitrogens with zero attached hydrogens (tertiary/aromatic N) is 2. The van der Waals surface area contributed by atoms with Crippen molar-refractivity contribution in [1.29, 1.82) is 0 Å². The molecule has 3 heteroatoms. The van der Waals surface area contributed by atoms with Gasteiger partial charge in [-0.1, -0.05) is 6.07 Å². The number of aryl methyl sites for hydroxylation is 1. The first-order valence-corrected chi connectivity index (χ1v) is 3.57. The van der Waals surface area contributed by atoms with E-state index in [0.717, 1.165) is 11.4 Å². The minimum absolute atomic E-state index is 0.696. The molecule has 1 rings (SSSR count). The standard InChI is InChI=1S/C8H13N3/c1-7-4-3-5-8(10-7)6-11(2)9/h3-5H,6,9H2,1-2H3. The maximum absolute atomic E-state index is 5.47. The van der Waals surface area contributed by atoms with Gasteiger partial charge < -0.3 is 0 Å². The predicted molar refractivity (Wildman–Crippen MR) is 44.6 cm³/mol. The van der Waals surface area contributed by atoms with Gasteiger partial charge in [-0.25, -0.2) is 5.01 Å². The van der Waals surface area contributed by atoms with Gasteiger partial charge in [-0.3, -0.25) is 10.8 Å². The first-order chi connectivity index (χ1) is 5.18. The number of rotatable bonds is 2. The van der Waals surface area contributed by atoms with E-state index in [0.29, 0.717) is 6.54 Å². The zero-order chi connectivity index (χ0) is 8.27. The summed E-state index contributed by atoms with van der Waals surface area (Å²) in [6.45, 7) is 2.67. The van der Waals surface area contributed by atoms with Crippen LogP contribution in [0, 0.1) is 6.92 Å². The third kappa shape index (κ3) is 2.65. The molecule has 0 fully saturated rings. The summed E-state index contributed by atoms with van der Waals surface area (Å²) < 4.78 is 0. The van der Waals surface area contributed by atoms with Crippen molar-refractivity contribution in [3.8, 4) is 0 Å². The van der Waals surface area contributed by atoms with Crippen LogP contribution in [0.15, 0.2) is 18.2 Å². The lowest BCUT2D eigenvalue weighted by Gasteiger charge is -2.08. The lowest BCUT2D eigenvalue weighted by molar-refractivity contribution is 0.337. The highest BCUT2D eigenvalue weighted by Crippen LogP contribution is 1.98. The van der Waals surface area contributed by atoms with Crippen LogP contribution in [-0.4, -0.2) is 17.0 Å². The fourth-order valence-electron chi connectivity index (χ4n) is 0.943. The van der Waals surface area contributed by atoms with E-state index in [1.807, 2.05) is 32.2 Å². The van der Waals surface area contributed by atoms with E-state index in [2.05, 4.69) is 4.98 Å². The summed E-state index contributed by atoms with van der Waals surface area (Å²) >= 11 is 0. The molecule has 1 aromatic rings. The average Bonchev–Trinajstić information content (AvgIpc) is 1.85. The highest BCUT2D eigenvalue weighted by molar-refractivity contribution is 5.09. The van der Waals surface area contributed by atoms with Gasteiger partial charge >= 0.3 is 0 Å². The quantitative estimate of drug-likeness (QED) is 0.499. The largest absolute Gasteiger partial charge is 0.269 e. The number of hydrogen-bond acceptors (Lipinski definition) is 3. The smallest absolute Gasteiger partial charge is 0.0561 e. The summed E-state index contributed by atoms with van der Waals surface area (Å²) in [6.07, 6.45) is 0. The minimum Gasteiger partial charge on any atom is -0.269 e. The first-order valence-electron chi connectivity index (χ1n) is 3.57. The molecule has 2 N–H and O–H groups in total. The molecule has 3 nitrogen and oxygen atoms in total. The zero-order valence-electron chi connectivity index (χ0n) is 6.91. The summed E-state index contributed by atoms with van der Waals surface area (Å²) in [6, 6.07) is 5.93. The molecule has 0 radical (unpaired) electrons. The number of hydrazine groups is 1. The highest BCUT2D eigenvalue weighted by atomic mass is 15.4. The van der Waals surface area contributed by atoms with Crippen LogP contribution in [0.3, 0.4) is 0 Å². The molecule has 0 saturated carbocycles. The fourth-order valence-corrected chi connectivity index (χ4v) is 0.943. The van der Waals surface area contributed by atoms with Gasteiger partial charge in [0.25, 0.3) is 0 Å². The van der Waals surface area contributed by atoms with Crippen LogP contribution < -0.4 is 5.84 Å². The highest BCUT2D eigenvalue weighted by Gasteiger charge is 1.95. The van der Waals surface area contributed by atoms with Crippen LogP contribution in [0.2, 0.25) is 0 Å². The number of nitrogens with two attached hydrogens (primary N) is 1. The summed E-state index contributed by atoms with van der Waals surface area (Å²) in [5, 5.41) is 1.61. The number of aromatic nitrogens is 1. The summed E-state index contributed by atoms with van der Waals surface area (Å²) in [5.41, 5.74) is 2.04. The second-order valence-corrected chi connectivity index (χ2v) is 2.69. The predicted octanol–water partition coefficient (Wildman–Crippen LogP) is 0.696. The van der Waals surface area contributed by atoms with Crippen molar-refractivity contribution in [3.05, 3.63) is 29.6 Å². The van der Waals surface area contributed by atoms with Crippen molar-refractivity contribution in [2.24, 2.45) is 5.84 Å². The summed E-state index contributed by atoms with van der Waals surface area (Å²) in [7, 11) is 1.82. The Hall–Kier alpha value is -0.930. The Labute approximate surface area is 66.8 Å². The molecule has 0 spiro atoms. The van der Waals surface area contributed by atoms with Crippen molar-refractivity contribution < 1.29 is 0 Å². The van der Waals surface area contributed by atoms with Crippen LogP contribution in [0.25, 0.3) is 0 Å². The van der Waals surface area contributed by atoms with Gasteiger partial charge in [0, 0.05) is 12.7 Å². The zero-order valence-corrected chi connectivity index (χ0v) is 6.91. The van der Waals surface area contributed by atoms with E-state index in [-0.39, 0.29) is 0 Å². The van der Waals surface area contributed by atoms with E-state index >= 15 is 0 Å². The molecule has 11 heavy (non-hydrogen) atoms. The number of pyridine rings is 1. The monoisotopic (exact) mass is 151 g/mol. The average molecular weight is 151 g/mol. The van der Waals surface area contributed by atoms with Gasteiger partial charge in [0.2, 0.25) is 0 Å². The molecule has 0 saturated heterocycles. The molecule has 0 unspecified atom stereocenters. The van der Waals surface area contributed by atoms with E-state index in [1.54, 1.807) is 5.01 Å². The van der Waals surface area contributed by atoms with E-state index in [4.69, 9.17) is 5.84 Å². The van der Waals surface area contributed by atoms with Gasteiger partial charge in [-0.2, -0.15) is 0 Å². The maximum atomic E-state index is 5.47. The maximum Gasteiger partial charge on any atom is 0.0561 e. The third-order valence-electron chi connectivity index (χ3n) is 1.36. The summed E-state index contributed by atoms with van der Waals surface area (Å²) in [5.74, 6) is 5.47. The van der Waals surface area contributed by atoms with Crippen LogP contribution in [-0.2, 0) is 6.54 Å². The second kappa shape index (κ2) is 3.46. The Morgan fingerprint density at radius 2 is 2.27 bits per heavy atom. The van der Waals surface area contributed by atoms with Crippen molar-refractivity contribution in [2.75, 3.05) is 7.05 Å². The Kier molecular flexibility index (Phi) is 2.57. The molecule has 0 aromatic carbocycles. The molecular formula is C8H13N3. The molecule has 1 heterocycles. The molecule has 1 aromatic heterocycles. The Bertz CT molecular complexity index is 233. The molecule has 0 aliphatic heterocycles. The third-order valence-corrected chi connectivity index (χ3v) is 1.36. The SMILES string of the molecule is Cc1cccc(CN(C)N)n1. The van der Waals surface area contributed by atoms with Crippen LogP contribution in [0.4, 0.5) is 0 Å². The van der Waals surface area contributed by atoms with Crippen molar-refractivity contribution in [3.63, 3.8) is 0 Å². The van der Waals surface area contributed by atoms with Crippen LogP contribution >= 0.6 is 0 Å². The number of hydrogen-bond donors (Lipinski definition) is 1. The van der Waals surface area contributed by atoms with E-state index < -0.39 is 0 Å². The molecule has 60 valence electrons. The first kappa shape index (κ1) is 8.17. The van der Waals surface area contributed by atoms with Gasteiger partial charge in [0.15, 0.2) is 0 Å². The lowest BCUT2D eigenvalue weighted by atomic mass is 10.3. The van der Waals surface area contributed by atoms with Gasteiger partial charge in [-0.05, 0) is 19.1 Å². The fraction of sp³-hybridized carbons (Fsp3) is 0.375. The normalized spacial score (nSPS) is 10.5. The van der Waals surface area contributed by atoms with Crippen LogP contribution in [0.5, 0.6) is 0 Å². The minimum atomic E-state index is 0.696. The van der Waals surface area contributed by atoms with Crippen molar-refractivity contribution in [1.82, 2.24) is 9.99 Å².